The van der Waals surface area contributed by atoms with E-state index in [-0.39, 0.29) is 16.5 Å². The molecule has 1 atom stereocenters. The molecule has 172 valence electrons. The molecule has 7 heteroatoms. The molecule has 0 aromatic heterocycles. The van der Waals surface area contributed by atoms with Gasteiger partial charge < -0.3 is 5.32 Å². The first-order valence-electron chi connectivity index (χ1n) is 10.2. The Morgan fingerprint density at radius 1 is 0.970 bits per heavy atom. The van der Waals surface area contributed by atoms with E-state index >= 15 is 0 Å². The Morgan fingerprint density at radius 3 is 2.27 bits per heavy atom. The zero-order valence-corrected chi connectivity index (χ0v) is 19.5. The minimum Gasteiger partial charge on any atom is -0.348 e. The smallest absolute Gasteiger partial charge is 0.348 e. The summed E-state index contributed by atoms with van der Waals surface area (Å²) in [5, 5.41) is 3.71. The highest BCUT2D eigenvalue weighted by Crippen LogP contribution is 2.37. The van der Waals surface area contributed by atoms with Crippen molar-refractivity contribution < 1.29 is 18.0 Å². The van der Waals surface area contributed by atoms with Gasteiger partial charge in [-0.25, -0.2) is 0 Å². The SMILES string of the molecule is Cc1cc(Cl)cc(C(/C=C/c2ccc(C(=O)NCc3ccc(Cl)cc3)c(C)c2)C(F)(F)F)c1. The van der Waals surface area contributed by atoms with E-state index in [1.54, 1.807) is 50.2 Å². The van der Waals surface area contributed by atoms with E-state index < -0.39 is 12.1 Å². The van der Waals surface area contributed by atoms with Gasteiger partial charge in [-0.3, -0.25) is 4.79 Å². The van der Waals surface area contributed by atoms with E-state index in [2.05, 4.69) is 5.32 Å². The second kappa shape index (κ2) is 10.4. The number of rotatable bonds is 6. The quantitative estimate of drug-likeness (QED) is 0.372. The van der Waals surface area contributed by atoms with E-state index in [1.807, 2.05) is 12.1 Å². The first-order chi connectivity index (χ1) is 15.5. The monoisotopic (exact) mass is 491 g/mol. The Labute approximate surface area is 201 Å². The second-order valence-corrected chi connectivity index (χ2v) is 8.70. The van der Waals surface area contributed by atoms with Gasteiger partial charge in [0.1, 0.15) is 0 Å². The lowest BCUT2D eigenvalue weighted by Gasteiger charge is -2.18. The Morgan fingerprint density at radius 2 is 1.67 bits per heavy atom. The molecule has 0 bridgehead atoms. The van der Waals surface area contributed by atoms with Gasteiger partial charge in [0.25, 0.3) is 5.91 Å². The Kier molecular flexibility index (Phi) is 7.88. The van der Waals surface area contributed by atoms with E-state index in [0.717, 1.165) is 11.6 Å². The van der Waals surface area contributed by atoms with Crippen LogP contribution in [-0.4, -0.2) is 12.1 Å². The Hall–Kier alpha value is -2.76. The van der Waals surface area contributed by atoms with Crippen molar-refractivity contribution >= 4 is 35.2 Å². The Balaban J connectivity index is 1.76. The van der Waals surface area contributed by atoms with Gasteiger partial charge in [-0.1, -0.05) is 65.7 Å². The highest BCUT2D eigenvalue weighted by atomic mass is 35.5. The van der Waals surface area contributed by atoms with Crippen LogP contribution in [0.25, 0.3) is 6.08 Å². The molecule has 3 aromatic rings. The van der Waals surface area contributed by atoms with Crippen LogP contribution >= 0.6 is 23.2 Å². The van der Waals surface area contributed by atoms with Crippen molar-refractivity contribution in [3.05, 3.63) is 110 Å². The summed E-state index contributed by atoms with van der Waals surface area (Å²) in [6, 6.07) is 16.5. The van der Waals surface area contributed by atoms with Crippen LogP contribution in [0.1, 0.15) is 44.1 Å². The molecule has 1 N–H and O–H groups in total. The predicted molar refractivity (Wildman–Crippen MR) is 128 cm³/mol. The van der Waals surface area contributed by atoms with E-state index in [9.17, 15) is 18.0 Å². The van der Waals surface area contributed by atoms with Gasteiger partial charge in [0.15, 0.2) is 0 Å². The fraction of sp³-hybridized carbons (Fsp3) is 0.192. The molecular formula is C26H22Cl2F3NO. The lowest BCUT2D eigenvalue weighted by molar-refractivity contribution is -0.139. The van der Waals surface area contributed by atoms with Gasteiger partial charge >= 0.3 is 6.18 Å². The number of alkyl halides is 3. The summed E-state index contributed by atoms with van der Waals surface area (Å²) in [6.07, 6.45) is -1.94. The number of carbonyl (C=O) groups excluding carboxylic acids is 1. The predicted octanol–water partition coefficient (Wildman–Crippen LogP) is 7.90. The lowest BCUT2D eigenvalue weighted by Crippen LogP contribution is -2.23. The molecule has 1 amide bonds. The van der Waals surface area contributed by atoms with E-state index in [4.69, 9.17) is 23.2 Å². The third-order valence-corrected chi connectivity index (χ3v) is 5.59. The average Bonchev–Trinajstić information content (AvgIpc) is 2.71. The van der Waals surface area contributed by atoms with E-state index in [1.165, 1.54) is 18.2 Å². The van der Waals surface area contributed by atoms with Crippen LogP contribution in [0.4, 0.5) is 13.2 Å². The van der Waals surface area contributed by atoms with Crippen LogP contribution in [0.2, 0.25) is 10.0 Å². The molecule has 0 saturated carbocycles. The first-order valence-corrected chi connectivity index (χ1v) is 10.9. The maximum atomic E-state index is 13.7. The van der Waals surface area contributed by atoms with Gasteiger partial charge in [0, 0.05) is 22.2 Å². The number of nitrogens with one attached hydrogen (secondary N) is 1. The van der Waals surface area contributed by atoms with Gasteiger partial charge in [-0.2, -0.15) is 13.2 Å². The molecule has 0 saturated heterocycles. The third-order valence-electron chi connectivity index (χ3n) is 5.12. The zero-order chi connectivity index (χ0) is 24.2. The van der Waals surface area contributed by atoms with E-state index in [0.29, 0.717) is 33.8 Å². The number of carbonyl (C=O) groups is 1. The number of hydrogen-bond donors (Lipinski definition) is 1. The molecule has 0 spiro atoms. The van der Waals surface area contributed by atoms with Gasteiger partial charge in [0.05, 0.1) is 5.92 Å². The first kappa shape index (κ1) is 24.9. The molecular weight excluding hydrogens is 470 g/mol. The lowest BCUT2D eigenvalue weighted by atomic mass is 9.95. The summed E-state index contributed by atoms with van der Waals surface area (Å²) in [7, 11) is 0. The molecule has 1 unspecified atom stereocenters. The van der Waals surface area contributed by atoms with Crippen LogP contribution in [0, 0.1) is 13.8 Å². The number of benzene rings is 3. The normalized spacial score (nSPS) is 12.7. The van der Waals surface area contributed by atoms with Crippen molar-refractivity contribution in [3.63, 3.8) is 0 Å². The molecule has 0 aliphatic rings. The average molecular weight is 492 g/mol. The molecule has 3 rings (SSSR count). The van der Waals surface area contributed by atoms with Gasteiger partial charge in [0.2, 0.25) is 0 Å². The topological polar surface area (TPSA) is 29.1 Å². The summed E-state index contributed by atoms with van der Waals surface area (Å²) in [5.41, 5.74) is 3.32. The standard InChI is InChI=1S/C26H22Cl2F3NO/c1-16-11-20(14-22(28)12-16)24(26(29,30)31)10-6-18-5-9-23(17(2)13-18)25(33)32-15-19-3-7-21(27)8-4-19/h3-14,24H,15H2,1-2H3,(H,32,33)/b10-6+. The van der Waals surface area contributed by atoms with Crippen molar-refractivity contribution in [1.29, 1.82) is 0 Å². The number of aryl methyl sites for hydroxylation is 2. The summed E-state index contributed by atoms with van der Waals surface area (Å²) < 4.78 is 41.1. The number of allylic oxidation sites excluding steroid dienone is 1. The van der Waals surface area contributed by atoms with Crippen molar-refractivity contribution in [2.45, 2.75) is 32.5 Å². The van der Waals surface area contributed by atoms with Crippen molar-refractivity contribution in [2.75, 3.05) is 0 Å². The summed E-state index contributed by atoms with van der Waals surface area (Å²) in [6.45, 7) is 3.78. The minimum atomic E-state index is -4.47. The van der Waals surface area contributed by atoms with Crippen LogP contribution in [0.15, 0.2) is 66.7 Å². The van der Waals surface area contributed by atoms with Crippen LogP contribution in [0.5, 0.6) is 0 Å². The summed E-state index contributed by atoms with van der Waals surface area (Å²) >= 11 is 11.8. The second-order valence-electron chi connectivity index (χ2n) is 7.82. The third kappa shape index (κ3) is 6.86. The number of hydrogen-bond acceptors (Lipinski definition) is 1. The fourth-order valence-electron chi connectivity index (χ4n) is 3.49. The van der Waals surface area contributed by atoms with Crippen LogP contribution in [0.3, 0.4) is 0 Å². The zero-order valence-electron chi connectivity index (χ0n) is 18.0. The molecule has 0 radical (unpaired) electrons. The highest BCUT2D eigenvalue weighted by molar-refractivity contribution is 6.30. The number of amides is 1. The van der Waals surface area contributed by atoms with Crippen LogP contribution < -0.4 is 5.32 Å². The van der Waals surface area contributed by atoms with Crippen molar-refractivity contribution in [2.24, 2.45) is 0 Å². The van der Waals surface area contributed by atoms with Gasteiger partial charge in [-0.05, 0) is 72.0 Å². The summed E-state index contributed by atoms with van der Waals surface area (Å²) in [4.78, 5) is 12.5. The highest BCUT2D eigenvalue weighted by Gasteiger charge is 2.39. The number of halogens is 5. The Bertz CT molecular complexity index is 1150. The van der Waals surface area contributed by atoms with Gasteiger partial charge in [-0.15, -0.1) is 0 Å². The molecule has 0 aliphatic carbocycles. The molecule has 0 heterocycles. The van der Waals surface area contributed by atoms with Crippen molar-refractivity contribution in [3.8, 4) is 0 Å². The molecule has 0 aliphatic heterocycles. The van der Waals surface area contributed by atoms with Crippen molar-refractivity contribution in [1.82, 2.24) is 5.32 Å². The molecule has 2 nitrogen and oxygen atoms in total. The summed E-state index contributed by atoms with van der Waals surface area (Å²) in [5.74, 6) is -2.06. The fourth-order valence-corrected chi connectivity index (χ4v) is 3.91. The largest absolute Gasteiger partial charge is 0.399 e. The maximum Gasteiger partial charge on any atom is 0.399 e. The molecule has 33 heavy (non-hydrogen) atoms. The molecule has 3 aromatic carbocycles. The maximum absolute atomic E-state index is 13.7. The molecule has 0 fully saturated rings. The minimum absolute atomic E-state index is 0.0821. The van der Waals surface area contributed by atoms with Crippen LogP contribution in [-0.2, 0) is 6.54 Å².